The molecule has 1 aliphatic carbocycles. The number of aromatic nitrogens is 4. The van der Waals surface area contributed by atoms with Crippen LogP contribution >= 0.6 is 11.3 Å². The Bertz CT molecular complexity index is 679. The molecule has 23 heavy (non-hydrogen) atoms. The number of hydrogen-bond donors (Lipinski definition) is 1. The first kappa shape index (κ1) is 16.1. The van der Waals surface area contributed by atoms with Gasteiger partial charge in [-0.1, -0.05) is 51.4 Å². The van der Waals surface area contributed by atoms with Gasteiger partial charge in [0, 0.05) is 11.6 Å². The molecule has 1 aliphatic rings. The van der Waals surface area contributed by atoms with Crippen LogP contribution in [0.4, 0.5) is 5.13 Å². The number of rotatable bonds is 3. The van der Waals surface area contributed by atoms with Crippen LogP contribution in [0.15, 0.2) is 12.4 Å². The molecule has 1 saturated carbocycles. The number of nitrogens with zero attached hydrogens (tertiary/aromatic N) is 4. The molecule has 1 fully saturated rings. The molecule has 3 rings (SSSR count). The van der Waals surface area contributed by atoms with Crippen LogP contribution in [0, 0.1) is 0 Å². The normalized spacial score (nSPS) is 16.5. The number of carbonyl (C=O) groups is 1. The fourth-order valence-corrected chi connectivity index (χ4v) is 3.54. The quantitative estimate of drug-likeness (QED) is 0.927. The van der Waals surface area contributed by atoms with E-state index >= 15 is 0 Å². The van der Waals surface area contributed by atoms with E-state index in [0.717, 1.165) is 17.8 Å². The Labute approximate surface area is 140 Å². The Hall–Kier alpha value is -1.76. The molecule has 1 amide bonds. The first-order valence-electron chi connectivity index (χ1n) is 8.13. The van der Waals surface area contributed by atoms with Crippen LogP contribution < -0.4 is 5.32 Å². The number of anilines is 1. The van der Waals surface area contributed by atoms with Crippen molar-refractivity contribution < 1.29 is 4.79 Å². The highest BCUT2D eigenvalue weighted by Gasteiger charge is 2.21. The maximum absolute atomic E-state index is 12.3. The van der Waals surface area contributed by atoms with Crippen molar-refractivity contribution in [3.63, 3.8) is 0 Å². The molecule has 2 heterocycles. The SMILES string of the molecule is CC(C)(C)c1nnc(NC(=O)c2cnn(C3CCCCC3)c2)s1. The number of hydrogen-bond acceptors (Lipinski definition) is 5. The molecule has 2 aromatic rings. The van der Waals surface area contributed by atoms with E-state index in [-0.39, 0.29) is 11.3 Å². The lowest BCUT2D eigenvalue weighted by molar-refractivity contribution is 0.102. The second-order valence-corrected chi connectivity index (χ2v) is 8.09. The van der Waals surface area contributed by atoms with Gasteiger partial charge in [0.05, 0.1) is 17.8 Å². The average Bonchev–Trinajstić information content (AvgIpc) is 3.16. The Balaban J connectivity index is 1.66. The van der Waals surface area contributed by atoms with Gasteiger partial charge in [-0.3, -0.25) is 14.8 Å². The average molecular weight is 333 g/mol. The summed E-state index contributed by atoms with van der Waals surface area (Å²) in [5.41, 5.74) is 0.509. The van der Waals surface area contributed by atoms with Crippen LogP contribution in [-0.2, 0) is 5.41 Å². The van der Waals surface area contributed by atoms with Crippen molar-refractivity contribution in [1.29, 1.82) is 0 Å². The fourth-order valence-electron chi connectivity index (χ4n) is 2.75. The van der Waals surface area contributed by atoms with E-state index in [2.05, 4.69) is 41.4 Å². The number of amides is 1. The van der Waals surface area contributed by atoms with E-state index in [4.69, 9.17) is 0 Å². The molecule has 7 heteroatoms. The highest BCUT2D eigenvalue weighted by atomic mass is 32.1. The molecule has 0 unspecified atom stereocenters. The van der Waals surface area contributed by atoms with Crippen LogP contribution in [0.2, 0.25) is 0 Å². The van der Waals surface area contributed by atoms with E-state index in [9.17, 15) is 4.79 Å². The molecule has 0 aromatic carbocycles. The third-order valence-corrected chi connectivity index (χ3v) is 5.36. The summed E-state index contributed by atoms with van der Waals surface area (Å²) in [7, 11) is 0. The van der Waals surface area contributed by atoms with Gasteiger partial charge in [-0.15, -0.1) is 10.2 Å². The lowest BCUT2D eigenvalue weighted by Crippen LogP contribution is -2.14. The second kappa shape index (κ2) is 6.39. The van der Waals surface area contributed by atoms with E-state index in [1.807, 2.05) is 10.9 Å². The zero-order valence-electron chi connectivity index (χ0n) is 13.9. The maximum atomic E-state index is 12.3. The zero-order valence-corrected chi connectivity index (χ0v) is 14.7. The van der Waals surface area contributed by atoms with Gasteiger partial charge in [-0.25, -0.2) is 0 Å². The highest BCUT2D eigenvalue weighted by Crippen LogP contribution is 2.29. The van der Waals surface area contributed by atoms with Crippen LogP contribution in [0.3, 0.4) is 0 Å². The topological polar surface area (TPSA) is 72.7 Å². The van der Waals surface area contributed by atoms with Crippen molar-refractivity contribution in [3.8, 4) is 0 Å². The van der Waals surface area contributed by atoms with E-state index < -0.39 is 0 Å². The summed E-state index contributed by atoms with van der Waals surface area (Å²) >= 11 is 1.42. The van der Waals surface area contributed by atoms with Gasteiger partial charge in [0.25, 0.3) is 5.91 Å². The predicted molar refractivity (Wildman–Crippen MR) is 90.9 cm³/mol. The lowest BCUT2D eigenvalue weighted by Gasteiger charge is -2.21. The minimum absolute atomic E-state index is 0.0630. The smallest absolute Gasteiger partial charge is 0.260 e. The Morgan fingerprint density at radius 3 is 2.65 bits per heavy atom. The summed E-state index contributed by atoms with van der Waals surface area (Å²) in [5, 5.41) is 16.8. The monoisotopic (exact) mass is 333 g/mol. The summed E-state index contributed by atoms with van der Waals surface area (Å²) in [4.78, 5) is 12.3. The Kier molecular flexibility index (Phi) is 4.48. The third kappa shape index (κ3) is 3.77. The highest BCUT2D eigenvalue weighted by molar-refractivity contribution is 7.15. The molecule has 124 valence electrons. The van der Waals surface area contributed by atoms with Gasteiger partial charge >= 0.3 is 0 Å². The van der Waals surface area contributed by atoms with Crippen LogP contribution in [-0.4, -0.2) is 25.9 Å². The molecule has 6 nitrogen and oxygen atoms in total. The summed E-state index contributed by atoms with van der Waals surface area (Å²) in [6.45, 7) is 6.23. The minimum Gasteiger partial charge on any atom is -0.296 e. The molecule has 0 atom stereocenters. The number of nitrogens with one attached hydrogen (secondary N) is 1. The summed E-state index contributed by atoms with van der Waals surface area (Å²) in [6, 6.07) is 0.430. The van der Waals surface area contributed by atoms with Crippen molar-refractivity contribution in [1.82, 2.24) is 20.0 Å². The van der Waals surface area contributed by atoms with E-state index in [1.165, 1.54) is 30.6 Å². The minimum atomic E-state index is -0.177. The number of carbonyl (C=O) groups excluding carboxylic acids is 1. The molecule has 0 aliphatic heterocycles. The molecule has 0 saturated heterocycles. The van der Waals surface area contributed by atoms with Gasteiger partial charge in [0.1, 0.15) is 5.01 Å². The van der Waals surface area contributed by atoms with Crippen molar-refractivity contribution >= 4 is 22.4 Å². The summed E-state index contributed by atoms with van der Waals surface area (Å²) in [5.74, 6) is -0.177. The summed E-state index contributed by atoms with van der Waals surface area (Å²) in [6.07, 6.45) is 9.56. The maximum Gasteiger partial charge on any atom is 0.260 e. The van der Waals surface area contributed by atoms with Gasteiger partial charge in [-0.2, -0.15) is 5.10 Å². The standard InChI is InChI=1S/C16H23N5OS/c1-16(2,3)14-19-20-15(23-14)18-13(22)11-9-17-21(10-11)12-7-5-4-6-8-12/h9-10,12H,4-8H2,1-3H3,(H,18,20,22). The van der Waals surface area contributed by atoms with Crippen molar-refractivity contribution in [2.45, 2.75) is 64.3 Å². The Morgan fingerprint density at radius 2 is 2.00 bits per heavy atom. The van der Waals surface area contributed by atoms with E-state index in [1.54, 1.807) is 6.20 Å². The molecule has 0 spiro atoms. The van der Waals surface area contributed by atoms with Gasteiger partial charge in [-0.05, 0) is 12.8 Å². The zero-order chi connectivity index (χ0) is 16.4. The summed E-state index contributed by atoms with van der Waals surface area (Å²) < 4.78 is 1.94. The molecule has 2 aromatic heterocycles. The van der Waals surface area contributed by atoms with Crippen molar-refractivity contribution in [2.75, 3.05) is 5.32 Å². The van der Waals surface area contributed by atoms with Crippen molar-refractivity contribution in [2.24, 2.45) is 0 Å². The first-order valence-corrected chi connectivity index (χ1v) is 8.94. The predicted octanol–water partition coefficient (Wildman–Crippen LogP) is 3.79. The fraction of sp³-hybridized carbons (Fsp3) is 0.625. The first-order chi connectivity index (χ1) is 10.9. The molecule has 1 N–H and O–H groups in total. The largest absolute Gasteiger partial charge is 0.296 e. The molecular weight excluding hydrogens is 310 g/mol. The van der Waals surface area contributed by atoms with Crippen molar-refractivity contribution in [3.05, 3.63) is 23.0 Å². The van der Waals surface area contributed by atoms with Gasteiger partial charge in [0.2, 0.25) is 5.13 Å². The lowest BCUT2D eigenvalue weighted by atomic mass is 9.96. The second-order valence-electron chi connectivity index (χ2n) is 7.12. The van der Waals surface area contributed by atoms with E-state index in [0.29, 0.717) is 16.7 Å². The molecular formula is C16H23N5OS. The Morgan fingerprint density at radius 1 is 1.26 bits per heavy atom. The van der Waals surface area contributed by atoms with Gasteiger partial charge in [0.15, 0.2) is 0 Å². The molecule has 0 radical (unpaired) electrons. The third-order valence-electron chi connectivity index (χ3n) is 4.10. The van der Waals surface area contributed by atoms with Gasteiger partial charge < -0.3 is 0 Å². The van der Waals surface area contributed by atoms with Crippen LogP contribution in [0.5, 0.6) is 0 Å². The molecule has 0 bridgehead atoms. The van der Waals surface area contributed by atoms with Crippen LogP contribution in [0.25, 0.3) is 0 Å². The van der Waals surface area contributed by atoms with Crippen LogP contribution in [0.1, 0.15) is 74.3 Å².